The van der Waals surface area contributed by atoms with Gasteiger partial charge in [0, 0.05) is 19.6 Å². The minimum Gasteiger partial charge on any atom is -0.481 e. The Kier molecular flexibility index (Phi) is 4.56. The van der Waals surface area contributed by atoms with Crippen molar-refractivity contribution in [2.24, 2.45) is 5.73 Å². The molecular weight excluding hydrogens is 280 g/mol. The zero-order valence-corrected chi connectivity index (χ0v) is 10.7. The number of thiophene rings is 1. The van der Waals surface area contributed by atoms with Crippen LogP contribution in [-0.2, 0) is 4.79 Å². The van der Waals surface area contributed by atoms with E-state index in [4.69, 9.17) is 10.8 Å². The molecule has 3 N–H and O–H groups in total. The molecule has 1 aromatic rings. The van der Waals surface area contributed by atoms with Crippen molar-refractivity contribution in [3.05, 3.63) is 15.9 Å². The van der Waals surface area contributed by atoms with Crippen molar-refractivity contribution in [1.82, 2.24) is 0 Å². The smallest absolute Gasteiger partial charge is 0.304 e. The molecule has 1 aromatic heterocycles. The van der Waals surface area contributed by atoms with Gasteiger partial charge in [0.2, 0.25) is 0 Å². The number of halogens is 1. The maximum Gasteiger partial charge on any atom is 0.304 e. The average molecular weight is 293 g/mol. The summed E-state index contributed by atoms with van der Waals surface area (Å²) >= 11 is 4.97. The number of nitrogens with zero attached hydrogens (tertiary/aromatic N) is 1. The van der Waals surface area contributed by atoms with E-state index < -0.39 is 5.97 Å². The molecule has 1 atom stereocenters. The highest BCUT2D eigenvalue weighted by Crippen LogP contribution is 2.29. The van der Waals surface area contributed by atoms with Crippen LogP contribution in [0, 0.1) is 0 Å². The van der Waals surface area contributed by atoms with Crippen molar-refractivity contribution in [3.8, 4) is 0 Å². The second kappa shape index (κ2) is 5.48. The largest absolute Gasteiger partial charge is 0.481 e. The standard InChI is InChI=1S/C9H13BrN2O2S/c1-12(5-6(11)4-9(13)14)8-3-2-7(10)15-8/h2-3,6H,4-5,11H2,1H3,(H,13,14). The first kappa shape index (κ1) is 12.5. The van der Waals surface area contributed by atoms with Crippen LogP contribution in [0.15, 0.2) is 15.9 Å². The van der Waals surface area contributed by atoms with Crippen LogP contribution in [0.2, 0.25) is 0 Å². The van der Waals surface area contributed by atoms with Crippen LogP contribution >= 0.6 is 27.3 Å². The highest BCUT2D eigenvalue weighted by atomic mass is 79.9. The minimum absolute atomic E-state index is 0.00309. The maximum absolute atomic E-state index is 10.4. The van der Waals surface area contributed by atoms with Crippen molar-refractivity contribution in [3.63, 3.8) is 0 Å². The summed E-state index contributed by atoms with van der Waals surface area (Å²) in [5.41, 5.74) is 5.69. The topological polar surface area (TPSA) is 66.6 Å². The predicted molar refractivity (Wildman–Crippen MR) is 65.5 cm³/mol. The zero-order chi connectivity index (χ0) is 11.4. The third-order valence-electron chi connectivity index (χ3n) is 1.88. The van der Waals surface area contributed by atoms with Crippen molar-refractivity contribution in [2.45, 2.75) is 12.5 Å². The van der Waals surface area contributed by atoms with Crippen LogP contribution in [-0.4, -0.2) is 30.7 Å². The Balaban J connectivity index is 2.48. The van der Waals surface area contributed by atoms with Gasteiger partial charge in [0.1, 0.15) is 0 Å². The summed E-state index contributed by atoms with van der Waals surface area (Å²) in [6, 6.07) is 3.59. The van der Waals surface area contributed by atoms with Crippen molar-refractivity contribution >= 4 is 38.2 Å². The van der Waals surface area contributed by atoms with Gasteiger partial charge in [0.25, 0.3) is 0 Å². The predicted octanol–water partition coefficient (Wildman–Crippen LogP) is 1.75. The number of rotatable bonds is 5. The van der Waals surface area contributed by atoms with E-state index in [-0.39, 0.29) is 12.5 Å². The van der Waals surface area contributed by atoms with Crippen LogP contribution < -0.4 is 10.6 Å². The molecule has 0 fully saturated rings. The summed E-state index contributed by atoms with van der Waals surface area (Å²) in [5.74, 6) is -0.858. The monoisotopic (exact) mass is 292 g/mol. The molecule has 0 aliphatic heterocycles. The first-order valence-electron chi connectivity index (χ1n) is 4.43. The van der Waals surface area contributed by atoms with Gasteiger partial charge in [-0.05, 0) is 28.1 Å². The fourth-order valence-electron chi connectivity index (χ4n) is 1.24. The van der Waals surface area contributed by atoms with E-state index in [1.54, 1.807) is 11.3 Å². The lowest BCUT2D eigenvalue weighted by molar-refractivity contribution is -0.137. The minimum atomic E-state index is -0.858. The summed E-state index contributed by atoms with van der Waals surface area (Å²) in [5, 5.41) is 9.64. The number of hydrogen-bond donors (Lipinski definition) is 2. The van der Waals surface area contributed by atoms with Crippen molar-refractivity contribution in [2.75, 3.05) is 18.5 Å². The lowest BCUT2D eigenvalue weighted by atomic mass is 10.2. The number of carboxylic acid groups (broad SMARTS) is 1. The average Bonchev–Trinajstić information content (AvgIpc) is 2.49. The van der Waals surface area contributed by atoms with Gasteiger partial charge in [-0.2, -0.15) is 0 Å². The lowest BCUT2D eigenvalue weighted by Crippen LogP contribution is -2.36. The van der Waals surface area contributed by atoms with Gasteiger partial charge >= 0.3 is 5.97 Å². The van der Waals surface area contributed by atoms with E-state index >= 15 is 0 Å². The number of nitrogens with two attached hydrogens (primary N) is 1. The molecular formula is C9H13BrN2O2S. The number of likely N-dealkylation sites (N-methyl/N-ethyl adjacent to an activating group) is 1. The normalized spacial score (nSPS) is 12.5. The molecule has 0 bridgehead atoms. The van der Waals surface area contributed by atoms with Gasteiger partial charge in [-0.3, -0.25) is 4.79 Å². The quantitative estimate of drug-likeness (QED) is 0.868. The Morgan fingerprint density at radius 2 is 2.40 bits per heavy atom. The molecule has 1 heterocycles. The van der Waals surface area contributed by atoms with Gasteiger partial charge < -0.3 is 15.7 Å². The van der Waals surface area contributed by atoms with E-state index in [1.165, 1.54) is 0 Å². The molecule has 0 saturated carbocycles. The third-order valence-corrected chi connectivity index (χ3v) is 3.62. The summed E-state index contributed by atoms with van der Waals surface area (Å²) in [7, 11) is 1.90. The van der Waals surface area contributed by atoms with Gasteiger partial charge in [-0.1, -0.05) is 0 Å². The number of carbonyl (C=O) groups is 1. The second-order valence-corrected chi connectivity index (χ2v) is 5.76. The summed E-state index contributed by atoms with van der Waals surface area (Å²) in [4.78, 5) is 12.4. The molecule has 0 spiro atoms. The molecule has 0 aliphatic rings. The molecule has 6 heteroatoms. The van der Waals surface area contributed by atoms with E-state index in [0.29, 0.717) is 6.54 Å². The number of anilines is 1. The highest BCUT2D eigenvalue weighted by molar-refractivity contribution is 9.11. The Labute approximate surface area is 101 Å². The van der Waals surface area contributed by atoms with Crippen molar-refractivity contribution in [1.29, 1.82) is 0 Å². The number of hydrogen-bond acceptors (Lipinski definition) is 4. The molecule has 0 radical (unpaired) electrons. The van der Waals surface area contributed by atoms with Crippen molar-refractivity contribution < 1.29 is 9.90 Å². The molecule has 1 rings (SSSR count). The molecule has 0 aromatic carbocycles. The maximum atomic E-state index is 10.4. The SMILES string of the molecule is CN(CC(N)CC(=O)O)c1ccc(Br)s1. The van der Waals surface area contributed by atoms with E-state index in [1.807, 2.05) is 24.1 Å². The van der Waals surface area contributed by atoms with Gasteiger partial charge in [0.15, 0.2) is 0 Å². The van der Waals surface area contributed by atoms with Crippen LogP contribution in [0.4, 0.5) is 5.00 Å². The van der Waals surface area contributed by atoms with Crippen LogP contribution in [0.1, 0.15) is 6.42 Å². The van der Waals surface area contributed by atoms with Crippen LogP contribution in [0.3, 0.4) is 0 Å². The first-order chi connectivity index (χ1) is 6.99. The lowest BCUT2D eigenvalue weighted by Gasteiger charge is -2.20. The third kappa shape index (κ3) is 4.19. The first-order valence-corrected chi connectivity index (χ1v) is 6.04. The Bertz CT molecular complexity index is 343. The fraction of sp³-hybridized carbons (Fsp3) is 0.444. The molecule has 84 valence electrons. The van der Waals surface area contributed by atoms with E-state index in [2.05, 4.69) is 15.9 Å². The van der Waals surface area contributed by atoms with Gasteiger partial charge in [0.05, 0.1) is 15.2 Å². The zero-order valence-electron chi connectivity index (χ0n) is 8.31. The summed E-state index contributed by atoms with van der Waals surface area (Å²) in [6.45, 7) is 0.541. The second-order valence-electron chi connectivity index (χ2n) is 3.32. The molecule has 4 nitrogen and oxygen atoms in total. The van der Waals surface area contributed by atoms with Gasteiger partial charge in [-0.15, -0.1) is 11.3 Å². The highest BCUT2D eigenvalue weighted by Gasteiger charge is 2.12. The summed E-state index contributed by atoms with van der Waals surface area (Å²) < 4.78 is 1.05. The summed E-state index contributed by atoms with van der Waals surface area (Å²) in [6.07, 6.45) is -0.00309. The van der Waals surface area contributed by atoms with E-state index in [9.17, 15) is 4.79 Å². The van der Waals surface area contributed by atoms with Crippen LogP contribution in [0.5, 0.6) is 0 Å². The van der Waals surface area contributed by atoms with E-state index in [0.717, 1.165) is 8.79 Å². The molecule has 0 aliphatic carbocycles. The fourth-order valence-corrected chi connectivity index (χ4v) is 2.57. The molecule has 15 heavy (non-hydrogen) atoms. The molecule has 0 amide bonds. The van der Waals surface area contributed by atoms with Gasteiger partial charge in [-0.25, -0.2) is 0 Å². The Morgan fingerprint density at radius 1 is 1.73 bits per heavy atom. The molecule has 1 unspecified atom stereocenters. The number of carboxylic acids is 1. The Morgan fingerprint density at radius 3 is 2.87 bits per heavy atom. The Hall–Kier alpha value is -0.590. The molecule has 0 saturated heterocycles. The van der Waals surface area contributed by atoms with Crippen LogP contribution in [0.25, 0.3) is 0 Å². The number of aliphatic carboxylic acids is 1.